The van der Waals surface area contributed by atoms with E-state index in [1.807, 2.05) is 25.1 Å². The van der Waals surface area contributed by atoms with Gasteiger partial charge < -0.3 is 15.0 Å². The Morgan fingerprint density at radius 1 is 1.23 bits per heavy atom. The summed E-state index contributed by atoms with van der Waals surface area (Å²) in [4.78, 5) is 25.8. The number of carbonyl (C=O) groups is 2. The average molecular weight is 351 g/mol. The van der Waals surface area contributed by atoms with E-state index in [2.05, 4.69) is 5.32 Å². The molecule has 6 nitrogen and oxygen atoms in total. The number of anilines is 2. The highest BCUT2D eigenvalue weighted by Gasteiger charge is 2.17. The van der Waals surface area contributed by atoms with E-state index < -0.39 is 0 Å². The molecule has 0 heterocycles. The summed E-state index contributed by atoms with van der Waals surface area (Å²) in [7, 11) is 1.54. The number of rotatable bonds is 6. The van der Waals surface area contributed by atoms with E-state index in [1.54, 1.807) is 37.4 Å². The first kappa shape index (κ1) is 19.0. The van der Waals surface area contributed by atoms with Gasteiger partial charge in [-0.1, -0.05) is 12.1 Å². The first-order valence-electron chi connectivity index (χ1n) is 8.17. The van der Waals surface area contributed by atoms with Crippen LogP contribution in [0.25, 0.3) is 0 Å². The van der Waals surface area contributed by atoms with Crippen molar-refractivity contribution < 1.29 is 14.3 Å². The fourth-order valence-corrected chi connectivity index (χ4v) is 2.56. The Labute approximate surface area is 153 Å². The normalized spacial score (nSPS) is 9.92. The number of nitrogens with zero attached hydrogens (tertiary/aromatic N) is 2. The zero-order chi connectivity index (χ0) is 19.1. The number of carbonyl (C=O) groups excluding carboxylic acids is 2. The van der Waals surface area contributed by atoms with Crippen LogP contribution in [-0.4, -0.2) is 25.5 Å². The van der Waals surface area contributed by atoms with Crippen molar-refractivity contribution in [2.75, 3.05) is 23.9 Å². The van der Waals surface area contributed by atoms with E-state index in [-0.39, 0.29) is 24.8 Å². The topological polar surface area (TPSA) is 82.4 Å². The number of benzene rings is 2. The molecular weight excluding hydrogens is 330 g/mol. The van der Waals surface area contributed by atoms with Crippen LogP contribution in [0.1, 0.15) is 24.5 Å². The highest BCUT2D eigenvalue weighted by molar-refractivity contribution is 5.96. The zero-order valence-electron chi connectivity index (χ0n) is 15.1. The molecule has 0 unspecified atom stereocenters. The largest absolute Gasteiger partial charge is 0.495 e. The third-order valence-electron chi connectivity index (χ3n) is 3.84. The van der Waals surface area contributed by atoms with E-state index in [0.717, 1.165) is 5.56 Å². The Kier molecular flexibility index (Phi) is 6.34. The lowest BCUT2D eigenvalue weighted by molar-refractivity contribution is -0.117. The summed E-state index contributed by atoms with van der Waals surface area (Å²) in [5, 5.41) is 11.7. The van der Waals surface area contributed by atoms with Gasteiger partial charge in [-0.15, -0.1) is 0 Å². The van der Waals surface area contributed by atoms with Crippen molar-refractivity contribution in [2.24, 2.45) is 0 Å². The first-order chi connectivity index (χ1) is 12.4. The minimum Gasteiger partial charge on any atom is -0.495 e. The number of nitrogens with one attached hydrogen (secondary N) is 1. The van der Waals surface area contributed by atoms with Gasteiger partial charge in [0, 0.05) is 25.6 Å². The summed E-state index contributed by atoms with van der Waals surface area (Å²) in [6.45, 7) is 3.60. The van der Waals surface area contributed by atoms with Crippen molar-refractivity contribution in [3.63, 3.8) is 0 Å². The Bertz CT molecular complexity index is 856. The minimum absolute atomic E-state index is 0.119. The van der Waals surface area contributed by atoms with Crippen molar-refractivity contribution in [2.45, 2.75) is 20.3 Å². The second-order valence-electron chi connectivity index (χ2n) is 5.84. The Morgan fingerprint density at radius 2 is 2.00 bits per heavy atom. The standard InChI is InChI=1S/C20H21N3O3/c1-14-7-8-19(26-3)18(11-14)23(15(2)24)10-9-20(25)22-17-6-4-5-16(12-17)13-21/h4-8,11-12H,9-10H2,1-3H3,(H,22,25). The van der Waals surface area contributed by atoms with Crippen molar-refractivity contribution in [3.8, 4) is 11.8 Å². The van der Waals surface area contributed by atoms with E-state index in [9.17, 15) is 9.59 Å². The van der Waals surface area contributed by atoms with Crippen LogP contribution >= 0.6 is 0 Å². The predicted octanol–water partition coefficient (Wildman–Crippen LogP) is 3.26. The SMILES string of the molecule is COc1ccc(C)cc1N(CCC(=O)Nc1cccc(C#N)c1)C(C)=O. The van der Waals surface area contributed by atoms with E-state index in [4.69, 9.17) is 10.00 Å². The fourth-order valence-electron chi connectivity index (χ4n) is 2.56. The molecule has 0 aliphatic rings. The van der Waals surface area contributed by atoms with E-state index in [1.165, 1.54) is 11.8 Å². The van der Waals surface area contributed by atoms with Crippen LogP contribution in [0.4, 0.5) is 11.4 Å². The van der Waals surface area contributed by atoms with Gasteiger partial charge in [0.25, 0.3) is 0 Å². The zero-order valence-corrected chi connectivity index (χ0v) is 15.1. The molecule has 0 atom stereocenters. The van der Waals surface area contributed by atoms with E-state index >= 15 is 0 Å². The van der Waals surface area contributed by atoms with Gasteiger partial charge in [-0.2, -0.15) is 5.26 Å². The molecular formula is C20H21N3O3. The maximum Gasteiger partial charge on any atom is 0.226 e. The molecule has 0 spiro atoms. The third kappa shape index (κ3) is 4.84. The Hall–Kier alpha value is -3.33. The summed E-state index contributed by atoms with van der Waals surface area (Å²) in [5.74, 6) is 0.166. The molecule has 0 aliphatic heterocycles. The monoisotopic (exact) mass is 351 g/mol. The molecule has 0 aromatic heterocycles. The van der Waals surface area contributed by atoms with Crippen molar-refractivity contribution in [1.29, 1.82) is 5.26 Å². The van der Waals surface area contributed by atoms with Crippen LogP contribution < -0.4 is 15.0 Å². The number of hydrogen-bond acceptors (Lipinski definition) is 4. The summed E-state index contributed by atoms with van der Waals surface area (Å²) in [6, 6.07) is 14.3. The van der Waals surface area contributed by atoms with Crippen molar-refractivity contribution >= 4 is 23.2 Å². The summed E-state index contributed by atoms with van der Waals surface area (Å²) in [5.41, 5.74) is 2.65. The Balaban J connectivity index is 2.09. The first-order valence-corrected chi connectivity index (χ1v) is 8.17. The molecule has 1 N–H and O–H groups in total. The summed E-state index contributed by atoms with van der Waals surface area (Å²) >= 11 is 0. The number of amides is 2. The van der Waals surface area contributed by atoms with Gasteiger partial charge in [0.15, 0.2) is 0 Å². The number of nitriles is 1. The molecule has 0 saturated carbocycles. The summed E-state index contributed by atoms with van der Waals surface area (Å²) in [6.07, 6.45) is 0.119. The lowest BCUT2D eigenvalue weighted by atomic mass is 10.1. The van der Waals surface area contributed by atoms with E-state index in [0.29, 0.717) is 22.7 Å². The molecule has 0 aliphatic carbocycles. The molecule has 2 aromatic rings. The van der Waals surface area contributed by atoms with Gasteiger partial charge in [0.1, 0.15) is 5.75 Å². The molecule has 2 amide bonds. The van der Waals surface area contributed by atoms with Gasteiger partial charge in [0.2, 0.25) is 11.8 Å². The number of methoxy groups -OCH3 is 1. The van der Waals surface area contributed by atoms with Gasteiger partial charge in [-0.05, 0) is 42.8 Å². The quantitative estimate of drug-likeness (QED) is 0.866. The van der Waals surface area contributed by atoms with Crippen molar-refractivity contribution in [3.05, 3.63) is 53.6 Å². The molecule has 6 heteroatoms. The smallest absolute Gasteiger partial charge is 0.226 e. The number of ether oxygens (including phenoxy) is 1. The van der Waals surface area contributed by atoms with Gasteiger partial charge in [-0.3, -0.25) is 9.59 Å². The van der Waals surface area contributed by atoms with Crippen LogP contribution in [0.3, 0.4) is 0 Å². The second kappa shape index (κ2) is 8.67. The number of hydrogen-bond donors (Lipinski definition) is 1. The Morgan fingerprint density at radius 3 is 2.65 bits per heavy atom. The molecule has 0 saturated heterocycles. The average Bonchev–Trinajstić information content (AvgIpc) is 2.62. The van der Waals surface area contributed by atoms with Crippen LogP contribution in [-0.2, 0) is 9.59 Å². The third-order valence-corrected chi connectivity index (χ3v) is 3.84. The highest BCUT2D eigenvalue weighted by atomic mass is 16.5. The molecule has 0 fully saturated rings. The molecule has 0 bridgehead atoms. The van der Waals surface area contributed by atoms with Crippen LogP contribution in [0.5, 0.6) is 5.75 Å². The maximum atomic E-state index is 12.2. The lowest BCUT2D eigenvalue weighted by Gasteiger charge is -2.23. The predicted molar refractivity (Wildman–Crippen MR) is 100 cm³/mol. The fraction of sp³-hybridized carbons (Fsp3) is 0.250. The highest BCUT2D eigenvalue weighted by Crippen LogP contribution is 2.29. The minimum atomic E-state index is -0.238. The van der Waals surface area contributed by atoms with Gasteiger partial charge >= 0.3 is 0 Å². The molecule has 0 radical (unpaired) electrons. The van der Waals surface area contributed by atoms with Crippen LogP contribution in [0.2, 0.25) is 0 Å². The molecule has 134 valence electrons. The van der Waals surface area contributed by atoms with Gasteiger partial charge in [0.05, 0.1) is 24.4 Å². The lowest BCUT2D eigenvalue weighted by Crippen LogP contribution is -2.32. The van der Waals surface area contributed by atoms with Crippen LogP contribution in [0.15, 0.2) is 42.5 Å². The maximum absolute atomic E-state index is 12.2. The molecule has 26 heavy (non-hydrogen) atoms. The molecule has 2 rings (SSSR count). The molecule has 2 aromatic carbocycles. The second-order valence-corrected chi connectivity index (χ2v) is 5.84. The van der Waals surface area contributed by atoms with Gasteiger partial charge in [-0.25, -0.2) is 0 Å². The van der Waals surface area contributed by atoms with Crippen molar-refractivity contribution in [1.82, 2.24) is 0 Å². The van der Waals surface area contributed by atoms with Crippen LogP contribution in [0, 0.1) is 18.3 Å². The summed E-state index contributed by atoms with van der Waals surface area (Å²) < 4.78 is 5.33. The number of aryl methyl sites for hydroxylation is 1.